The van der Waals surface area contributed by atoms with Gasteiger partial charge in [-0.2, -0.15) is 0 Å². The molecule has 160 valence electrons. The van der Waals surface area contributed by atoms with Crippen molar-refractivity contribution in [3.63, 3.8) is 0 Å². The lowest BCUT2D eigenvalue weighted by atomic mass is 10.0. The minimum atomic E-state index is 0. The molecular weight excluding hydrogens is 449 g/mol. The largest absolute Gasteiger partial charge is 0.357 e. The first-order chi connectivity index (χ1) is 12.6. The molecule has 2 heterocycles. The van der Waals surface area contributed by atoms with E-state index in [0.717, 1.165) is 31.5 Å². The van der Waals surface area contributed by atoms with E-state index in [-0.39, 0.29) is 24.0 Å². The van der Waals surface area contributed by atoms with Crippen molar-refractivity contribution in [1.82, 2.24) is 20.4 Å². The van der Waals surface area contributed by atoms with Crippen molar-refractivity contribution < 1.29 is 0 Å². The van der Waals surface area contributed by atoms with E-state index in [9.17, 15) is 0 Å². The van der Waals surface area contributed by atoms with Gasteiger partial charge in [-0.3, -0.25) is 9.89 Å². The molecule has 2 N–H and O–H groups in total. The minimum Gasteiger partial charge on any atom is -0.357 e. The predicted octanol–water partition coefficient (Wildman–Crippen LogP) is 3.40. The van der Waals surface area contributed by atoms with Crippen molar-refractivity contribution >= 4 is 29.9 Å². The predicted molar refractivity (Wildman–Crippen MR) is 128 cm³/mol. The Morgan fingerprint density at radius 1 is 1.04 bits per heavy atom. The average Bonchev–Trinajstić information content (AvgIpc) is 2.93. The van der Waals surface area contributed by atoms with Gasteiger partial charge in [0.05, 0.1) is 6.54 Å². The summed E-state index contributed by atoms with van der Waals surface area (Å²) in [4.78, 5) is 10.2. The first-order valence-electron chi connectivity index (χ1n) is 11.1. The van der Waals surface area contributed by atoms with Gasteiger partial charge in [0.2, 0.25) is 0 Å². The highest BCUT2D eigenvalue weighted by atomic mass is 127. The average molecular weight is 494 g/mol. The smallest absolute Gasteiger partial charge is 0.191 e. The molecule has 0 aromatic carbocycles. The van der Waals surface area contributed by atoms with E-state index in [1.54, 1.807) is 0 Å². The zero-order valence-electron chi connectivity index (χ0n) is 18.2. The van der Waals surface area contributed by atoms with Gasteiger partial charge in [0.25, 0.3) is 0 Å². The summed E-state index contributed by atoms with van der Waals surface area (Å²) in [7, 11) is 0. The van der Waals surface area contributed by atoms with Gasteiger partial charge in [0.1, 0.15) is 0 Å². The Bertz CT molecular complexity index is 407. The molecular formula is C21H44IN5. The zero-order valence-corrected chi connectivity index (χ0v) is 20.5. The van der Waals surface area contributed by atoms with Gasteiger partial charge in [-0.15, -0.1) is 24.0 Å². The Hall–Kier alpha value is -0.0800. The van der Waals surface area contributed by atoms with E-state index >= 15 is 0 Å². The summed E-state index contributed by atoms with van der Waals surface area (Å²) in [5, 5.41) is 7.06. The first-order valence-corrected chi connectivity index (χ1v) is 11.1. The van der Waals surface area contributed by atoms with Crippen LogP contribution in [-0.4, -0.2) is 74.2 Å². The molecule has 2 saturated heterocycles. The molecule has 27 heavy (non-hydrogen) atoms. The maximum Gasteiger partial charge on any atom is 0.191 e. The molecule has 2 aliphatic heterocycles. The minimum absolute atomic E-state index is 0. The standard InChI is InChI=1S/C21H43N5.HI/c1-5-22-21(23-15-19-11-14-25(6-2)17-19)24-16-20(18(3)4)26-12-9-7-8-10-13-26;/h18-20H,5-17H2,1-4H3,(H2,22,23,24);1H. The van der Waals surface area contributed by atoms with Gasteiger partial charge >= 0.3 is 0 Å². The summed E-state index contributed by atoms with van der Waals surface area (Å²) in [6.45, 7) is 18.1. The van der Waals surface area contributed by atoms with Crippen molar-refractivity contribution in [2.24, 2.45) is 16.8 Å². The molecule has 0 saturated carbocycles. The summed E-state index contributed by atoms with van der Waals surface area (Å²) < 4.78 is 0. The van der Waals surface area contributed by atoms with Gasteiger partial charge in [-0.05, 0) is 64.2 Å². The Balaban J connectivity index is 0.00000364. The Morgan fingerprint density at radius 2 is 1.74 bits per heavy atom. The van der Waals surface area contributed by atoms with Gasteiger partial charge in [-0.1, -0.05) is 33.6 Å². The van der Waals surface area contributed by atoms with Crippen LogP contribution in [0.25, 0.3) is 0 Å². The zero-order chi connectivity index (χ0) is 18.8. The molecule has 0 aromatic rings. The van der Waals surface area contributed by atoms with Crippen LogP contribution in [0.5, 0.6) is 0 Å². The molecule has 6 heteroatoms. The van der Waals surface area contributed by atoms with Crippen LogP contribution in [0.2, 0.25) is 0 Å². The Morgan fingerprint density at radius 3 is 2.30 bits per heavy atom. The van der Waals surface area contributed by atoms with Crippen LogP contribution in [0, 0.1) is 11.8 Å². The number of hydrogen-bond acceptors (Lipinski definition) is 3. The van der Waals surface area contributed by atoms with Crippen molar-refractivity contribution in [2.45, 2.75) is 65.8 Å². The van der Waals surface area contributed by atoms with Crippen molar-refractivity contribution in [1.29, 1.82) is 0 Å². The molecule has 2 fully saturated rings. The summed E-state index contributed by atoms with van der Waals surface area (Å²) in [5.74, 6) is 2.40. The number of rotatable bonds is 8. The van der Waals surface area contributed by atoms with Crippen LogP contribution in [0.4, 0.5) is 0 Å². The molecule has 0 aromatic heterocycles. The van der Waals surface area contributed by atoms with Crippen LogP contribution in [0.1, 0.15) is 59.8 Å². The quantitative estimate of drug-likeness (QED) is 0.309. The molecule has 0 spiro atoms. The number of likely N-dealkylation sites (tertiary alicyclic amines) is 2. The third-order valence-corrected chi connectivity index (χ3v) is 6.04. The molecule has 2 atom stereocenters. The van der Waals surface area contributed by atoms with E-state index in [1.807, 2.05) is 0 Å². The van der Waals surface area contributed by atoms with E-state index in [1.165, 1.54) is 64.8 Å². The van der Waals surface area contributed by atoms with Crippen LogP contribution < -0.4 is 10.6 Å². The second kappa shape index (κ2) is 14.0. The molecule has 5 nitrogen and oxygen atoms in total. The van der Waals surface area contributed by atoms with Gasteiger partial charge < -0.3 is 15.5 Å². The summed E-state index contributed by atoms with van der Waals surface area (Å²) in [6.07, 6.45) is 6.79. The van der Waals surface area contributed by atoms with Crippen molar-refractivity contribution in [3.8, 4) is 0 Å². The fourth-order valence-electron chi connectivity index (χ4n) is 4.31. The third kappa shape index (κ3) is 8.86. The summed E-state index contributed by atoms with van der Waals surface area (Å²) >= 11 is 0. The fraction of sp³-hybridized carbons (Fsp3) is 0.952. The lowest BCUT2D eigenvalue weighted by Crippen LogP contribution is -2.44. The molecule has 0 bridgehead atoms. The van der Waals surface area contributed by atoms with Crippen molar-refractivity contribution in [2.75, 3.05) is 52.4 Å². The van der Waals surface area contributed by atoms with Gasteiger partial charge in [-0.25, -0.2) is 0 Å². The Kier molecular flexibility index (Phi) is 12.9. The molecule has 2 aliphatic rings. The number of guanidine groups is 1. The van der Waals surface area contributed by atoms with Crippen LogP contribution in [0.3, 0.4) is 0 Å². The molecule has 0 amide bonds. The summed E-state index contributed by atoms with van der Waals surface area (Å²) in [5.41, 5.74) is 0. The van der Waals surface area contributed by atoms with E-state index in [0.29, 0.717) is 12.0 Å². The Labute approximate surface area is 185 Å². The highest BCUT2D eigenvalue weighted by molar-refractivity contribution is 14.0. The third-order valence-electron chi connectivity index (χ3n) is 6.04. The lowest BCUT2D eigenvalue weighted by molar-refractivity contribution is 0.166. The van der Waals surface area contributed by atoms with Gasteiger partial charge in [0.15, 0.2) is 5.96 Å². The topological polar surface area (TPSA) is 42.9 Å². The van der Waals surface area contributed by atoms with Crippen molar-refractivity contribution in [3.05, 3.63) is 0 Å². The number of aliphatic imine (C=N–C) groups is 1. The number of halogens is 1. The normalized spacial score (nSPS) is 23.7. The first kappa shape index (κ1) is 25.0. The monoisotopic (exact) mass is 493 g/mol. The molecule has 0 radical (unpaired) electrons. The second-order valence-electron chi connectivity index (χ2n) is 8.41. The molecule has 0 aliphatic carbocycles. The van der Waals surface area contributed by atoms with Crippen LogP contribution >= 0.6 is 24.0 Å². The van der Waals surface area contributed by atoms with E-state index in [4.69, 9.17) is 4.99 Å². The van der Waals surface area contributed by atoms with Crippen LogP contribution in [-0.2, 0) is 0 Å². The lowest BCUT2D eigenvalue weighted by Gasteiger charge is -2.32. The van der Waals surface area contributed by atoms with E-state index in [2.05, 4.69) is 48.1 Å². The molecule has 2 rings (SSSR count). The highest BCUT2D eigenvalue weighted by Crippen LogP contribution is 2.18. The number of hydrogen-bond donors (Lipinski definition) is 2. The summed E-state index contributed by atoms with van der Waals surface area (Å²) in [6, 6.07) is 0.561. The fourth-order valence-corrected chi connectivity index (χ4v) is 4.31. The SMILES string of the molecule is CCNC(=NCC(C(C)C)N1CCCCCC1)NCC1CCN(CC)C1.I. The molecule has 2 unspecified atom stereocenters. The van der Waals surface area contributed by atoms with Gasteiger partial charge in [0, 0.05) is 25.7 Å². The van der Waals surface area contributed by atoms with Crippen LogP contribution in [0.15, 0.2) is 4.99 Å². The maximum absolute atomic E-state index is 4.98. The van der Waals surface area contributed by atoms with E-state index < -0.39 is 0 Å². The maximum atomic E-state index is 4.98. The number of nitrogens with one attached hydrogen (secondary N) is 2. The second-order valence-corrected chi connectivity index (χ2v) is 8.41. The number of nitrogens with zero attached hydrogens (tertiary/aromatic N) is 3. The highest BCUT2D eigenvalue weighted by Gasteiger charge is 2.23.